The average molecular weight is 250 g/mol. The van der Waals surface area contributed by atoms with Crippen LogP contribution in [0.2, 0.25) is 5.02 Å². The Morgan fingerprint density at radius 3 is 2.65 bits per heavy atom. The molecule has 1 heterocycles. The van der Waals surface area contributed by atoms with E-state index in [2.05, 4.69) is 15.2 Å². The second-order valence-corrected chi connectivity index (χ2v) is 4.10. The summed E-state index contributed by atoms with van der Waals surface area (Å²) in [5.74, 6) is 5.93. The zero-order valence-corrected chi connectivity index (χ0v) is 10.3. The molecule has 0 spiro atoms. The third kappa shape index (κ3) is 2.51. The molecule has 0 bridgehead atoms. The van der Waals surface area contributed by atoms with Crippen molar-refractivity contribution in [2.75, 3.05) is 12.1 Å². The van der Waals surface area contributed by atoms with Crippen molar-refractivity contribution in [1.82, 2.24) is 15.2 Å². The quantitative estimate of drug-likeness (QED) is 0.649. The van der Waals surface area contributed by atoms with Crippen LogP contribution < -0.4 is 10.9 Å². The van der Waals surface area contributed by atoms with Crippen molar-refractivity contribution in [2.24, 2.45) is 5.84 Å². The summed E-state index contributed by atoms with van der Waals surface area (Å²) < 4.78 is 0. The molecule has 2 aromatic rings. The van der Waals surface area contributed by atoms with Crippen molar-refractivity contribution < 1.29 is 0 Å². The van der Waals surface area contributed by atoms with E-state index in [1.54, 1.807) is 7.05 Å². The van der Waals surface area contributed by atoms with E-state index in [4.69, 9.17) is 17.4 Å². The maximum absolute atomic E-state index is 5.93. The molecule has 0 saturated heterocycles. The Kier molecular flexibility index (Phi) is 3.21. The van der Waals surface area contributed by atoms with Gasteiger partial charge in [-0.2, -0.15) is 0 Å². The molecule has 0 fully saturated rings. The van der Waals surface area contributed by atoms with Gasteiger partial charge in [0, 0.05) is 17.6 Å². The molecule has 6 heteroatoms. The van der Waals surface area contributed by atoms with Gasteiger partial charge in [-0.3, -0.25) is 5.01 Å². The van der Waals surface area contributed by atoms with Gasteiger partial charge in [0.05, 0.1) is 5.69 Å². The fourth-order valence-corrected chi connectivity index (χ4v) is 1.63. The van der Waals surface area contributed by atoms with E-state index in [0.29, 0.717) is 16.7 Å². The zero-order chi connectivity index (χ0) is 12.4. The lowest BCUT2D eigenvalue weighted by molar-refractivity contribution is 0.858. The first-order chi connectivity index (χ1) is 8.08. The first-order valence-corrected chi connectivity index (χ1v) is 5.41. The van der Waals surface area contributed by atoms with Gasteiger partial charge in [-0.15, -0.1) is 10.2 Å². The summed E-state index contributed by atoms with van der Waals surface area (Å²) in [6, 6.07) is 7.41. The average Bonchev–Trinajstić information content (AvgIpc) is 2.28. The summed E-state index contributed by atoms with van der Waals surface area (Å²) in [6.45, 7) is 1.86. The lowest BCUT2D eigenvalue weighted by Crippen LogP contribution is -2.27. The van der Waals surface area contributed by atoms with Gasteiger partial charge in [0.1, 0.15) is 5.69 Å². The Morgan fingerprint density at radius 2 is 2.06 bits per heavy atom. The number of hydrazine groups is 1. The van der Waals surface area contributed by atoms with Gasteiger partial charge >= 0.3 is 0 Å². The molecule has 2 N–H and O–H groups in total. The van der Waals surface area contributed by atoms with Gasteiger partial charge in [0.15, 0.2) is 0 Å². The molecule has 0 saturated carbocycles. The SMILES string of the molecule is Cc1nc(N(C)N)nnc1-c1cccc(Cl)c1. The minimum Gasteiger partial charge on any atom is -0.281 e. The van der Waals surface area contributed by atoms with E-state index < -0.39 is 0 Å². The molecule has 88 valence electrons. The largest absolute Gasteiger partial charge is 0.281 e. The van der Waals surface area contributed by atoms with E-state index in [0.717, 1.165) is 11.3 Å². The van der Waals surface area contributed by atoms with Crippen LogP contribution in [-0.4, -0.2) is 22.2 Å². The van der Waals surface area contributed by atoms with Crippen molar-refractivity contribution in [3.8, 4) is 11.3 Å². The summed E-state index contributed by atoms with van der Waals surface area (Å²) in [5, 5.41) is 10.0. The molecular weight excluding hydrogens is 238 g/mol. The smallest absolute Gasteiger partial charge is 0.259 e. The maximum atomic E-state index is 5.93. The van der Waals surface area contributed by atoms with Crippen LogP contribution in [0.4, 0.5) is 5.95 Å². The van der Waals surface area contributed by atoms with Crippen molar-refractivity contribution >= 4 is 17.5 Å². The lowest BCUT2D eigenvalue weighted by Gasteiger charge is -2.10. The fraction of sp³-hybridized carbons (Fsp3) is 0.182. The summed E-state index contributed by atoms with van der Waals surface area (Å²) >= 11 is 5.93. The Morgan fingerprint density at radius 1 is 1.29 bits per heavy atom. The lowest BCUT2D eigenvalue weighted by atomic mass is 10.1. The molecule has 0 unspecified atom stereocenters. The third-order valence-electron chi connectivity index (χ3n) is 2.26. The minimum atomic E-state index is 0.383. The van der Waals surface area contributed by atoms with Crippen LogP contribution in [0.5, 0.6) is 0 Å². The number of aryl methyl sites for hydroxylation is 1. The fourth-order valence-electron chi connectivity index (χ4n) is 1.44. The molecule has 17 heavy (non-hydrogen) atoms. The first-order valence-electron chi connectivity index (χ1n) is 5.03. The van der Waals surface area contributed by atoms with E-state index in [-0.39, 0.29) is 0 Å². The van der Waals surface area contributed by atoms with Gasteiger partial charge in [-0.05, 0) is 19.1 Å². The monoisotopic (exact) mass is 249 g/mol. The number of halogens is 1. The number of benzene rings is 1. The Hall–Kier alpha value is -1.72. The molecule has 0 aliphatic rings. The van der Waals surface area contributed by atoms with Gasteiger partial charge in [0.2, 0.25) is 0 Å². The van der Waals surface area contributed by atoms with Crippen LogP contribution in [0.25, 0.3) is 11.3 Å². The Bertz CT molecular complexity index is 541. The zero-order valence-electron chi connectivity index (χ0n) is 9.55. The predicted molar refractivity (Wildman–Crippen MR) is 67.6 cm³/mol. The highest BCUT2D eigenvalue weighted by atomic mass is 35.5. The van der Waals surface area contributed by atoms with Gasteiger partial charge in [-0.25, -0.2) is 10.8 Å². The highest BCUT2D eigenvalue weighted by Gasteiger charge is 2.09. The van der Waals surface area contributed by atoms with Crippen LogP contribution in [0.1, 0.15) is 5.69 Å². The number of aromatic nitrogens is 3. The number of nitrogens with two attached hydrogens (primary N) is 1. The molecular formula is C11H12ClN5. The van der Waals surface area contributed by atoms with E-state index >= 15 is 0 Å². The topological polar surface area (TPSA) is 67.9 Å². The second-order valence-electron chi connectivity index (χ2n) is 3.67. The number of hydrogen-bond donors (Lipinski definition) is 1. The second kappa shape index (κ2) is 4.65. The Balaban J connectivity index is 2.47. The van der Waals surface area contributed by atoms with Crippen LogP contribution >= 0.6 is 11.6 Å². The third-order valence-corrected chi connectivity index (χ3v) is 2.50. The standard InChI is InChI=1S/C11H12ClN5/c1-7-10(8-4-3-5-9(12)6-8)15-16-11(14-7)17(2)13/h3-6H,13H2,1-2H3. The summed E-state index contributed by atoms with van der Waals surface area (Å²) in [7, 11) is 1.66. The molecule has 5 nitrogen and oxygen atoms in total. The van der Waals surface area contributed by atoms with Gasteiger partial charge < -0.3 is 0 Å². The number of nitrogens with zero attached hydrogens (tertiary/aromatic N) is 4. The molecule has 0 aliphatic heterocycles. The van der Waals surface area contributed by atoms with E-state index in [1.807, 2.05) is 31.2 Å². The molecule has 0 radical (unpaired) electrons. The molecule has 1 aromatic carbocycles. The molecule has 0 amide bonds. The number of anilines is 1. The van der Waals surface area contributed by atoms with Crippen molar-refractivity contribution in [3.05, 3.63) is 35.0 Å². The Labute approximate surface area is 104 Å². The van der Waals surface area contributed by atoms with Crippen molar-refractivity contribution in [3.63, 3.8) is 0 Å². The van der Waals surface area contributed by atoms with Crippen LogP contribution in [0.3, 0.4) is 0 Å². The summed E-state index contributed by atoms with van der Waals surface area (Å²) in [4.78, 5) is 4.26. The summed E-state index contributed by atoms with van der Waals surface area (Å²) in [6.07, 6.45) is 0. The van der Waals surface area contributed by atoms with Crippen LogP contribution in [0, 0.1) is 6.92 Å². The number of hydrogen-bond acceptors (Lipinski definition) is 5. The minimum absolute atomic E-state index is 0.383. The maximum Gasteiger partial charge on any atom is 0.259 e. The first kappa shape index (κ1) is 11.8. The van der Waals surface area contributed by atoms with Crippen molar-refractivity contribution in [2.45, 2.75) is 6.92 Å². The molecule has 2 rings (SSSR count). The van der Waals surface area contributed by atoms with Crippen LogP contribution in [-0.2, 0) is 0 Å². The van der Waals surface area contributed by atoms with Crippen molar-refractivity contribution in [1.29, 1.82) is 0 Å². The van der Waals surface area contributed by atoms with Crippen LogP contribution in [0.15, 0.2) is 24.3 Å². The van der Waals surface area contributed by atoms with E-state index in [1.165, 1.54) is 5.01 Å². The summed E-state index contributed by atoms with van der Waals surface area (Å²) in [5.41, 5.74) is 2.36. The van der Waals surface area contributed by atoms with Gasteiger partial charge in [0.25, 0.3) is 5.95 Å². The normalized spacial score (nSPS) is 10.4. The highest BCUT2D eigenvalue weighted by molar-refractivity contribution is 6.30. The highest BCUT2D eigenvalue weighted by Crippen LogP contribution is 2.22. The molecule has 1 aromatic heterocycles. The molecule has 0 atom stereocenters. The predicted octanol–water partition coefficient (Wildman–Crippen LogP) is 1.81. The molecule has 0 aliphatic carbocycles. The number of rotatable bonds is 2. The van der Waals surface area contributed by atoms with Gasteiger partial charge in [-0.1, -0.05) is 23.7 Å². The van der Waals surface area contributed by atoms with E-state index in [9.17, 15) is 0 Å².